The molecular formula is C21H18N4O3S. The highest BCUT2D eigenvalue weighted by atomic mass is 32.1. The highest BCUT2D eigenvalue weighted by Crippen LogP contribution is 2.21. The summed E-state index contributed by atoms with van der Waals surface area (Å²) in [4.78, 5) is 16.7. The van der Waals surface area contributed by atoms with E-state index in [0.717, 1.165) is 27.5 Å². The van der Waals surface area contributed by atoms with Crippen molar-refractivity contribution in [3.63, 3.8) is 0 Å². The minimum atomic E-state index is -0.0905. The number of hydrogen-bond donors (Lipinski definition) is 1. The van der Waals surface area contributed by atoms with Crippen molar-refractivity contribution in [1.82, 2.24) is 15.2 Å². The molecule has 0 bridgehead atoms. The number of anilines is 1. The maximum atomic E-state index is 12.2. The van der Waals surface area contributed by atoms with Gasteiger partial charge in [0.15, 0.2) is 0 Å². The summed E-state index contributed by atoms with van der Waals surface area (Å²) in [5.41, 5.74) is 3.54. The lowest BCUT2D eigenvalue weighted by Crippen LogP contribution is -2.14. The van der Waals surface area contributed by atoms with Crippen molar-refractivity contribution in [2.75, 3.05) is 5.32 Å². The Kier molecular flexibility index (Phi) is 5.62. The first-order valence-corrected chi connectivity index (χ1v) is 9.83. The third-order valence-corrected chi connectivity index (χ3v) is 4.99. The number of hydrogen-bond acceptors (Lipinski definition) is 7. The first-order chi connectivity index (χ1) is 14.2. The third kappa shape index (κ3) is 5.05. The number of amides is 1. The number of rotatable bonds is 7. The summed E-state index contributed by atoms with van der Waals surface area (Å²) in [6, 6.07) is 15.1. The van der Waals surface area contributed by atoms with Gasteiger partial charge in [-0.1, -0.05) is 17.7 Å². The second-order valence-electron chi connectivity index (χ2n) is 6.38. The van der Waals surface area contributed by atoms with Crippen LogP contribution in [-0.4, -0.2) is 21.1 Å². The van der Waals surface area contributed by atoms with Crippen LogP contribution < -0.4 is 10.1 Å². The number of carbonyl (C=O) groups excluding carboxylic acids is 1. The maximum Gasteiger partial charge on any atom is 0.247 e. The highest BCUT2D eigenvalue weighted by Gasteiger charge is 2.09. The summed E-state index contributed by atoms with van der Waals surface area (Å²) in [5, 5.41) is 13.1. The zero-order valence-electron chi connectivity index (χ0n) is 15.7. The fourth-order valence-corrected chi connectivity index (χ4v) is 3.40. The summed E-state index contributed by atoms with van der Waals surface area (Å²) in [5.74, 6) is 1.08. The molecule has 8 heteroatoms. The normalized spacial score (nSPS) is 10.7. The molecule has 0 fully saturated rings. The van der Waals surface area contributed by atoms with Crippen LogP contribution in [0.1, 0.15) is 16.3 Å². The number of nitrogens with zero attached hydrogens (tertiary/aromatic N) is 3. The number of ether oxygens (including phenoxy) is 1. The van der Waals surface area contributed by atoms with E-state index < -0.39 is 0 Å². The summed E-state index contributed by atoms with van der Waals surface area (Å²) in [7, 11) is 0. The standard InChI is InChI=1S/C21H18N4O3S/c1-14-2-6-16(7-3-14)23-19(26)10-20-24-17(12-29-20)11-27-18-8-4-15(5-9-18)21-25-22-13-28-21/h2-9,12-13H,10-11H2,1H3,(H,23,26). The van der Waals surface area contributed by atoms with Gasteiger partial charge >= 0.3 is 0 Å². The Hall–Kier alpha value is -3.52. The lowest BCUT2D eigenvalue weighted by Gasteiger charge is -2.05. The predicted molar refractivity (Wildman–Crippen MR) is 110 cm³/mol. The molecule has 0 saturated heterocycles. The van der Waals surface area contributed by atoms with Crippen LogP contribution in [0.5, 0.6) is 5.75 Å². The first kappa shape index (κ1) is 18.8. The van der Waals surface area contributed by atoms with Crippen molar-refractivity contribution < 1.29 is 13.9 Å². The number of aryl methyl sites for hydroxylation is 1. The highest BCUT2D eigenvalue weighted by molar-refractivity contribution is 7.09. The van der Waals surface area contributed by atoms with Crippen molar-refractivity contribution in [3.8, 4) is 17.2 Å². The van der Waals surface area contributed by atoms with Gasteiger partial charge in [-0.05, 0) is 43.3 Å². The molecule has 146 valence electrons. The Morgan fingerprint density at radius 3 is 2.66 bits per heavy atom. The molecule has 0 radical (unpaired) electrons. The molecule has 0 aliphatic rings. The van der Waals surface area contributed by atoms with Gasteiger partial charge in [-0.25, -0.2) is 4.98 Å². The molecule has 4 rings (SSSR count). The molecule has 1 amide bonds. The van der Waals surface area contributed by atoms with E-state index in [4.69, 9.17) is 9.15 Å². The molecule has 0 unspecified atom stereocenters. The van der Waals surface area contributed by atoms with Crippen LogP contribution in [0.2, 0.25) is 0 Å². The van der Waals surface area contributed by atoms with Crippen LogP contribution in [0.3, 0.4) is 0 Å². The fraction of sp³-hybridized carbons (Fsp3) is 0.143. The van der Waals surface area contributed by atoms with Crippen LogP contribution in [0.4, 0.5) is 5.69 Å². The topological polar surface area (TPSA) is 90.1 Å². The zero-order valence-corrected chi connectivity index (χ0v) is 16.5. The number of thiazole rings is 1. The average Bonchev–Trinajstić information content (AvgIpc) is 3.41. The van der Waals surface area contributed by atoms with Gasteiger partial charge in [0.2, 0.25) is 18.2 Å². The van der Waals surface area contributed by atoms with E-state index in [1.165, 1.54) is 17.7 Å². The van der Waals surface area contributed by atoms with E-state index in [-0.39, 0.29) is 12.3 Å². The maximum absolute atomic E-state index is 12.2. The number of benzene rings is 2. The molecule has 0 atom stereocenters. The Balaban J connectivity index is 1.29. The molecule has 0 spiro atoms. The van der Waals surface area contributed by atoms with Crippen molar-refractivity contribution in [2.24, 2.45) is 0 Å². The Morgan fingerprint density at radius 1 is 1.14 bits per heavy atom. The van der Waals surface area contributed by atoms with Crippen molar-refractivity contribution in [3.05, 3.63) is 76.6 Å². The van der Waals surface area contributed by atoms with Crippen LogP contribution >= 0.6 is 11.3 Å². The molecule has 0 aliphatic carbocycles. The molecule has 1 N–H and O–H groups in total. The molecule has 4 aromatic rings. The Labute approximate surface area is 171 Å². The fourth-order valence-electron chi connectivity index (χ4n) is 2.63. The minimum Gasteiger partial charge on any atom is -0.487 e. The second kappa shape index (κ2) is 8.66. The van der Waals surface area contributed by atoms with E-state index in [9.17, 15) is 4.79 Å². The van der Waals surface area contributed by atoms with Gasteiger partial charge < -0.3 is 14.5 Å². The lowest BCUT2D eigenvalue weighted by molar-refractivity contribution is -0.115. The van der Waals surface area contributed by atoms with Gasteiger partial charge in [-0.15, -0.1) is 21.5 Å². The minimum absolute atomic E-state index is 0.0905. The van der Waals surface area contributed by atoms with Crippen molar-refractivity contribution in [2.45, 2.75) is 20.0 Å². The molecule has 0 aliphatic heterocycles. The molecule has 0 saturated carbocycles. The summed E-state index contributed by atoms with van der Waals surface area (Å²) in [6.07, 6.45) is 1.53. The van der Waals surface area contributed by atoms with Gasteiger partial charge in [-0.2, -0.15) is 0 Å². The van der Waals surface area contributed by atoms with Crippen LogP contribution in [0.15, 0.2) is 64.7 Å². The van der Waals surface area contributed by atoms with Crippen LogP contribution in [0.25, 0.3) is 11.5 Å². The van der Waals surface area contributed by atoms with Crippen molar-refractivity contribution >= 4 is 22.9 Å². The molecule has 2 heterocycles. The Bertz CT molecular complexity index is 1070. The molecule has 7 nitrogen and oxygen atoms in total. The van der Waals surface area contributed by atoms with Gasteiger partial charge in [0.1, 0.15) is 17.4 Å². The smallest absolute Gasteiger partial charge is 0.247 e. The number of aromatic nitrogens is 3. The first-order valence-electron chi connectivity index (χ1n) is 8.95. The van der Waals surface area contributed by atoms with Gasteiger partial charge in [0.05, 0.1) is 12.1 Å². The molecule has 2 aromatic heterocycles. The van der Waals surface area contributed by atoms with E-state index in [0.29, 0.717) is 18.2 Å². The quantitative estimate of drug-likeness (QED) is 0.493. The number of nitrogens with one attached hydrogen (secondary N) is 1. The lowest BCUT2D eigenvalue weighted by atomic mass is 10.2. The summed E-state index contributed by atoms with van der Waals surface area (Å²) < 4.78 is 10.9. The monoisotopic (exact) mass is 406 g/mol. The van der Waals surface area contributed by atoms with E-state index >= 15 is 0 Å². The van der Waals surface area contributed by atoms with Crippen molar-refractivity contribution in [1.29, 1.82) is 0 Å². The predicted octanol–water partition coefficient (Wildman–Crippen LogP) is 4.26. The summed E-state index contributed by atoms with van der Waals surface area (Å²) in [6.45, 7) is 2.34. The zero-order chi connectivity index (χ0) is 20.1. The second-order valence-corrected chi connectivity index (χ2v) is 7.32. The SMILES string of the molecule is Cc1ccc(NC(=O)Cc2nc(COc3ccc(-c4nnco4)cc3)cs2)cc1. The summed E-state index contributed by atoms with van der Waals surface area (Å²) >= 11 is 1.45. The van der Waals surface area contributed by atoms with Crippen LogP contribution in [0, 0.1) is 6.92 Å². The molecular weight excluding hydrogens is 388 g/mol. The Morgan fingerprint density at radius 2 is 1.93 bits per heavy atom. The van der Waals surface area contributed by atoms with Gasteiger partial charge in [0, 0.05) is 16.6 Å². The average molecular weight is 406 g/mol. The molecule has 2 aromatic carbocycles. The van der Waals surface area contributed by atoms with Crippen LogP contribution in [-0.2, 0) is 17.8 Å². The van der Waals surface area contributed by atoms with Gasteiger partial charge in [-0.3, -0.25) is 4.79 Å². The van der Waals surface area contributed by atoms with E-state index in [1.807, 2.05) is 60.8 Å². The molecule has 29 heavy (non-hydrogen) atoms. The number of carbonyl (C=O) groups is 1. The van der Waals surface area contributed by atoms with Gasteiger partial charge in [0.25, 0.3) is 0 Å². The van der Waals surface area contributed by atoms with E-state index in [2.05, 4.69) is 20.5 Å². The third-order valence-electron chi connectivity index (χ3n) is 4.09. The van der Waals surface area contributed by atoms with E-state index in [1.54, 1.807) is 0 Å². The largest absolute Gasteiger partial charge is 0.487 e.